The van der Waals surface area contributed by atoms with Gasteiger partial charge in [0.15, 0.2) is 4.34 Å². The van der Waals surface area contributed by atoms with Gasteiger partial charge in [-0.2, -0.15) is 0 Å². The Bertz CT molecular complexity index is 557. The fourth-order valence-electron chi connectivity index (χ4n) is 1.65. The lowest BCUT2D eigenvalue weighted by Gasteiger charge is -2.10. The second-order valence-electron chi connectivity index (χ2n) is 4.37. The largest absolute Gasteiger partial charge is 0.355 e. The third-order valence-corrected chi connectivity index (χ3v) is 4.73. The molecule has 1 aromatic heterocycles. The summed E-state index contributed by atoms with van der Waals surface area (Å²) in [5.41, 5.74) is 1.23. The predicted molar refractivity (Wildman–Crippen MR) is 83.1 cm³/mol. The van der Waals surface area contributed by atoms with Crippen molar-refractivity contribution in [3.8, 4) is 0 Å². The number of hydrogen-bond acceptors (Lipinski definition) is 5. The molecule has 0 aliphatic rings. The lowest BCUT2D eigenvalue weighted by Crippen LogP contribution is -2.32. The first-order chi connectivity index (χ1) is 9.65. The van der Waals surface area contributed by atoms with Crippen molar-refractivity contribution >= 4 is 29.0 Å². The van der Waals surface area contributed by atoms with E-state index in [1.165, 1.54) is 28.7 Å². The van der Waals surface area contributed by atoms with Crippen LogP contribution in [-0.4, -0.2) is 27.9 Å². The minimum atomic E-state index is -0.155. The quantitative estimate of drug-likeness (QED) is 0.834. The molecule has 4 nitrogen and oxygen atoms in total. The van der Waals surface area contributed by atoms with Gasteiger partial charge in [-0.1, -0.05) is 53.4 Å². The normalized spacial score (nSPS) is 12.1. The summed E-state index contributed by atoms with van der Waals surface area (Å²) in [4.78, 5) is 12.0. The summed E-state index contributed by atoms with van der Waals surface area (Å²) in [6.07, 6.45) is 0.849. The average Bonchev–Trinajstić information content (AvgIpc) is 2.85. The Labute approximate surface area is 127 Å². The fourth-order valence-corrected chi connectivity index (χ4v) is 3.63. The van der Waals surface area contributed by atoms with Crippen molar-refractivity contribution in [1.29, 1.82) is 0 Å². The topological polar surface area (TPSA) is 54.9 Å². The molecule has 0 aliphatic heterocycles. The summed E-state index contributed by atoms with van der Waals surface area (Å²) >= 11 is 2.97. The van der Waals surface area contributed by atoms with E-state index in [-0.39, 0.29) is 11.2 Å². The van der Waals surface area contributed by atoms with Gasteiger partial charge in [-0.05, 0) is 25.8 Å². The molecule has 0 spiro atoms. The molecule has 1 amide bonds. The highest BCUT2D eigenvalue weighted by atomic mass is 32.2. The Balaban J connectivity index is 1.74. The summed E-state index contributed by atoms with van der Waals surface area (Å²) in [5.74, 6) is 0.0405. The van der Waals surface area contributed by atoms with E-state index in [0.717, 1.165) is 15.8 Å². The molecule has 1 aromatic carbocycles. The number of rotatable bonds is 6. The Morgan fingerprint density at radius 2 is 2.10 bits per heavy atom. The summed E-state index contributed by atoms with van der Waals surface area (Å²) in [5, 5.41) is 11.7. The van der Waals surface area contributed by atoms with Crippen LogP contribution in [0.5, 0.6) is 0 Å². The second-order valence-corrected chi connectivity index (χ2v) is 7.14. The lowest BCUT2D eigenvalue weighted by atomic mass is 10.1. The number of carbonyl (C=O) groups is 1. The molecule has 1 heterocycles. The van der Waals surface area contributed by atoms with Crippen molar-refractivity contribution < 1.29 is 4.79 Å². The van der Waals surface area contributed by atoms with E-state index in [9.17, 15) is 4.79 Å². The zero-order valence-electron chi connectivity index (χ0n) is 11.5. The van der Waals surface area contributed by atoms with Crippen molar-refractivity contribution in [2.45, 2.75) is 29.9 Å². The highest BCUT2D eigenvalue weighted by Crippen LogP contribution is 2.26. The minimum Gasteiger partial charge on any atom is -0.355 e. The number of aromatic nitrogens is 2. The van der Waals surface area contributed by atoms with Gasteiger partial charge in [-0.3, -0.25) is 4.79 Å². The monoisotopic (exact) mass is 307 g/mol. The van der Waals surface area contributed by atoms with Gasteiger partial charge >= 0.3 is 0 Å². The van der Waals surface area contributed by atoms with Gasteiger partial charge in [0.1, 0.15) is 5.01 Å². The zero-order chi connectivity index (χ0) is 14.4. The van der Waals surface area contributed by atoms with Gasteiger partial charge in [0.05, 0.1) is 5.25 Å². The van der Waals surface area contributed by atoms with E-state index in [1.54, 1.807) is 0 Å². The average molecular weight is 307 g/mol. The molecule has 1 atom stereocenters. The molecule has 6 heteroatoms. The van der Waals surface area contributed by atoms with Crippen LogP contribution in [0.1, 0.15) is 17.5 Å². The van der Waals surface area contributed by atoms with Crippen molar-refractivity contribution in [2.24, 2.45) is 0 Å². The first-order valence-electron chi connectivity index (χ1n) is 6.43. The van der Waals surface area contributed by atoms with Gasteiger partial charge in [0.25, 0.3) is 0 Å². The van der Waals surface area contributed by atoms with Crippen LogP contribution in [0.15, 0.2) is 34.7 Å². The van der Waals surface area contributed by atoms with Crippen molar-refractivity contribution in [1.82, 2.24) is 15.5 Å². The lowest BCUT2D eigenvalue weighted by molar-refractivity contribution is -0.120. The van der Waals surface area contributed by atoms with E-state index in [0.29, 0.717) is 6.54 Å². The van der Waals surface area contributed by atoms with Crippen LogP contribution in [0.3, 0.4) is 0 Å². The summed E-state index contributed by atoms with van der Waals surface area (Å²) in [6.45, 7) is 4.45. The molecule has 0 fully saturated rings. The highest BCUT2D eigenvalue weighted by molar-refractivity contribution is 8.02. The molecule has 0 radical (unpaired) electrons. The predicted octanol–water partition coefficient (Wildman–Crippen LogP) is 2.69. The number of carbonyl (C=O) groups excluding carboxylic acids is 1. The van der Waals surface area contributed by atoms with Crippen LogP contribution < -0.4 is 5.32 Å². The second kappa shape index (κ2) is 7.40. The van der Waals surface area contributed by atoms with Gasteiger partial charge < -0.3 is 5.32 Å². The molecule has 106 valence electrons. The van der Waals surface area contributed by atoms with Crippen LogP contribution in [0.25, 0.3) is 0 Å². The first-order valence-corrected chi connectivity index (χ1v) is 8.13. The molecular formula is C14H17N3OS2. The van der Waals surface area contributed by atoms with Crippen molar-refractivity contribution in [3.05, 3.63) is 40.9 Å². The number of aryl methyl sites for hydroxylation is 1. The van der Waals surface area contributed by atoms with Crippen LogP contribution in [0.4, 0.5) is 0 Å². The van der Waals surface area contributed by atoms with E-state index in [2.05, 4.69) is 27.6 Å². The van der Waals surface area contributed by atoms with E-state index < -0.39 is 0 Å². The Hall–Kier alpha value is -1.40. The van der Waals surface area contributed by atoms with E-state index >= 15 is 0 Å². The first kappa shape index (κ1) is 15.0. The molecule has 0 saturated heterocycles. The van der Waals surface area contributed by atoms with Gasteiger partial charge in [-0.25, -0.2) is 0 Å². The standard InChI is InChI=1S/C14H17N3OS2/c1-10(19-14-17-16-11(2)20-14)13(18)15-9-8-12-6-4-3-5-7-12/h3-7,10H,8-9H2,1-2H3,(H,15,18). The Morgan fingerprint density at radius 3 is 2.75 bits per heavy atom. The van der Waals surface area contributed by atoms with Crippen LogP contribution in [-0.2, 0) is 11.2 Å². The van der Waals surface area contributed by atoms with E-state index in [4.69, 9.17) is 0 Å². The molecule has 1 unspecified atom stereocenters. The third kappa shape index (κ3) is 4.61. The third-order valence-electron chi connectivity index (χ3n) is 2.71. The molecule has 0 saturated carbocycles. The highest BCUT2D eigenvalue weighted by Gasteiger charge is 2.16. The maximum absolute atomic E-state index is 12.0. The maximum atomic E-state index is 12.0. The van der Waals surface area contributed by atoms with Crippen LogP contribution in [0, 0.1) is 6.92 Å². The Morgan fingerprint density at radius 1 is 1.35 bits per heavy atom. The maximum Gasteiger partial charge on any atom is 0.233 e. The Kier molecular flexibility index (Phi) is 5.55. The van der Waals surface area contributed by atoms with Crippen LogP contribution in [0.2, 0.25) is 0 Å². The summed E-state index contributed by atoms with van der Waals surface area (Å²) in [7, 11) is 0. The summed E-state index contributed by atoms with van der Waals surface area (Å²) in [6, 6.07) is 10.1. The smallest absolute Gasteiger partial charge is 0.233 e. The molecule has 20 heavy (non-hydrogen) atoms. The molecule has 0 bridgehead atoms. The molecule has 0 aliphatic carbocycles. The molecule has 1 N–H and O–H groups in total. The molecule has 2 aromatic rings. The number of amides is 1. The summed E-state index contributed by atoms with van der Waals surface area (Å²) < 4.78 is 0.841. The number of nitrogens with zero attached hydrogens (tertiary/aromatic N) is 2. The number of benzene rings is 1. The zero-order valence-corrected chi connectivity index (χ0v) is 13.1. The van der Waals surface area contributed by atoms with Gasteiger partial charge in [0.2, 0.25) is 5.91 Å². The molecule has 2 rings (SSSR count). The van der Waals surface area contributed by atoms with Crippen molar-refractivity contribution in [3.63, 3.8) is 0 Å². The van der Waals surface area contributed by atoms with Crippen molar-refractivity contribution in [2.75, 3.05) is 6.54 Å². The SMILES string of the molecule is Cc1nnc(SC(C)C(=O)NCCc2ccccc2)s1. The van der Waals surface area contributed by atoms with Crippen LogP contribution >= 0.6 is 23.1 Å². The number of hydrogen-bond donors (Lipinski definition) is 1. The molecular weight excluding hydrogens is 290 g/mol. The van der Waals surface area contributed by atoms with Gasteiger partial charge in [-0.15, -0.1) is 10.2 Å². The van der Waals surface area contributed by atoms with E-state index in [1.807, 2.05) is 32.0 Å². The minimum absolute atomic E-state index is 0.0405. The number of thioether (sulfide) groups is 1. The fraction of sp³-hybridized carbons (Fsp3) is 0.357. The van der Waals surface area contributed by atoms with Gasteiger partial charge in [0, 0.05) is 6.54 Å². The number of nitrogens with one attached hydrogen (secondary N) is 1.